The minimum absolute atomic E-state index is 0. The number of rotatable bonds is 6. The summed E-state index contributed by atoms with van der Waals surface area (Å²) in [7, 11) is -1.56. The van der Waals surface area contributed by atoms with Gasteiger partial charge in [0.15, 0.2) is 0 Å². The zero-order valence-electron chi connectivity index (χ0n) is 15.3. The topological polar surface area (TPSA) is 58.6 Å². The third-order valence-corrected chi connectivity index (χ3v) is 6.78. The number of halogens is 1. The third kappa shape index (κ3) is 4.14. The lowest BCUT2D eigenvalue weighted by molar-refractivity contribution is 0.271. The van der Waals surface area contributed by atoms with Gasteiger partial charge < -0.3 is 10.1 Å². The molecule has 1 N–H and O–H groups in total. The molecule has 1 saturated heterocycles. The van der Waals surface area contributed by atoms with Gasteiger partial charge in [-0.05, 0) is 51.4 Å². The van der Waals surface area contributed by atoms with Crippen molar-refractivity contribution in [2.75, 3.05) is 33.3 Å². The summed E-state index contributed by atoms with van der Waals surface area (Å²) in [4.78, 5) is 0.374. The molecule has 1 fully saturated rings. The van der Waals surface area contributed by atoms with Gasteiger partial charge in [0.25, 0.3) is 0 Å². The molecule has 0 aliphatic carbocycles. The highest BCUT2D eigenvalue weighted by atomic mass is 35.5. The number of piperidine rings is 1. The van der Waals surface area contributed by atoms with Gasteiger partial charge in [0.2, 0.25) is 10.0 Å². The van der Waals surface area contributed by atoms with Crippen molar-refractivity contribution in [1.29, 1.82) is 0 Å². The van der Waals surface area contributed by atoms with Gasteiger partial charge in [0.1, 0.15) is 5.75 Å². The molecule has 3 rings (SSSR count). The molecule has 0 spiro atoms. The fourth-order valence-electron chi connectivity index (χ4n) is 3.53. The molecule has 0 aromatic heterocycles. The predicted octanol–water partition coefficient (Wildman–Crippen LogP) is 3.28. The van der Waals surface area contributed by atoms with E-state index in [9.17, 15) is 8.42 Å². The molecule has 2 aromatic rings. The predicted molar refractivity (Wildman–Crippen MR) is 108 cm³/mol. The average molecular weight is 399 g/mol. The summed E-state index contributed by atoms with van der Waals surface area (Å²) >= 11 is 0. The van der Waals surface area contributed by atoms with Gasteiger partial charge in [-0.25, -0.2) is 8.42 Å². The lowest BCUT2D eigenvalue weighted by Crippen LogP contribution is -2.40. The van der Waals surface area contributed by atoms with Crippen molar-refractivity contribution < 1.29 is 13.2 Å². The van der Waals surface area contributed by atoms with Crippen LogP contribution in [0.15, 0.2) is 41.3 Å². The van der Waals surface area contributed by atoms with E-state index >= 15 is 0 Å². The van der Waals surface area contributed by atoms with Gasteiger partial charge >= 0.3 is 0 Å². The van der Waals surface area contributed by atoms with E-state index in [1.807, 2.05) is 38.2 Å². The van der Waals surface area contributed by atoms with E-state index in [0.717, 1.165) is 35.9 Å². The molecule has 144 valence electrons. The first-order chi connectivity index (χ1) is 12.1. The zero-order chi connectivity index (χ0) is 17.9. The Morgan fingerprint density at radius 1 is 1.12 bits per heavy atom. The van der Waals surface area contributed by atoms with Crippen LogP contribution in [0.4, 0.5) is 0 Å². The summed E-state index contributed by atoms with van der Waals surface area (Å²) in [5.41, 5.74) is 0. The Morgan fingerprint density at radius 3 is 2.38 bits per heavy atom. The minimum atomic E-state index is -3.50. The number of ether oxygens (including phenoxy) is 1. The standard InChI is InChI=1S/C19H26N2O3S.ClH/c1-3-24-18-8-9-19(17-7-5-4-6-16(17)18)25(22,23)21-12-10-15(11-13-21)14-20-2;/h4-9,15,20H,3,10-14H2,1-2H3;1H. The van der Waals surface area contributed by atoms with E-state index in [-0.39, 0.29) is 12.4 Å². The Labute approximate surface area is 162 Å². The van der Waals surface area contributed by atoms with Crippen LogP contribution < -0.4 is 10.1 Å². The highest BCUT2D eigenvalue weighted by molar-refractivity contribution is 7.89. The largest absolute Gasteiger partial charge is 0.493 e. The van der Waals surface area contributed by atoms with Crippen LogP contribution in [-0.2, 0) is 10.0 Å². The molecule has 2 aromatic carbocycles. The van der Waals surface area contributed by atoms with Crippen LogP contribution in [0.3, 0.4) is 0 Å². The quantitative estimate of drug-likeness (QED) is 0.811. The first-order valence-electron chi connectivity index (χ1n) is 8.87. The summed E-state index contributed by atoms with van der Waals surface area (Å²) in [6.07, 6.45) is 1.80. The normalized spacial score (nSPS) is 16.4. The highest BCUT2D eigenvalue weighted by Crippen LogP contribution is 2.33. The number of nitrogens with zero attached hydrogens (tertiary/aromatic N) is 1. The lowest BCUT2D eigenvalue weighted by Gasteiger charge is -2.31. The molecular formula is C19H27ClN2O3S. The Bertz CT molecular complexity index is 834. The maximum Gasteiger partial charge on any atom is 0.243 e. The minimum Gasteiger partial charge on any atom is -0.493 e. The second kappa shape index (κ2) is 9.04. The Hall–Kier alpha value is -1.34. The molecule has 7 heteroatoms. The number of nitrogens with one attached hydrogen (secondary N) is 1. The molecule has 0 atom stereocenters. The fraction of sp³-hybridized carbons (Fsp3) is 0.474. The van der Waals surface area contributed by atoms with Crippen LogP contribution in [0, 0.1) is 5.92 Å². The second-order valence-electron chi connectivity index (χ2n) is 6.45. The van der Waals surface area contributed by atoms with E-state index in [1.54, 1.807) is 16.4 Å². The van der Waals surface area contributed by atoms with Crippen LogP contribution in [-0.4, -0.2) is 46.0 Å². The number of fused-ring (bicyclic) bond motifs is 1. The zero-order valence-corrected chi connectivity index (χ0v) is 16.9. The van der Waals surface area contributed by atoms with Crippen molar-refractivity contribution in [3.63, 3.8) is 0 Å². The maximum atomic E-state index is 13.2. The molecule has 1 aliphatic rings. The molecule has 0 saturated carbocycles. The molecule has 0 unspecified atom stereocenters. The molecule has 26 heavy (non-hydrogen) atoms. The highest BCUT2D eigenvalue weighted by Gasteiger charge is 2.30. The van der Waals surface area contributed by atoms with Gasteiger partial charge in [0.05, 0.1) is 11.5 Å². The first kappa shape index (κ1) is 21.0. The third-order valence-electron chi connectivity index (χ3n) is 4.83. The Morgan fingerprint density at radius 2 is 1.77 bits per heavy atom. The smallest absolute Gasteiger partial charge is 0.243 e. The Balaban J connectivity index is 0.00000243. The van der Waals surface area contributed by atoms with Gasteiger partial charge in [-0.3, -0.25) is 0 Å². The lowest BCUT2D eigenvalue weighted by atomic mass is 9.98. The van der Waals surface area contributed by atoms with Gasteiger partial charge in [-0.1, -0.05) is 24.3 Å². The van der Waals surface area contributed by atoms with E-state index in [2.05, 4.69) is 5.32 Å². The monoisotopic (exact) mass is 398 g/mol. The number of benzene rings is 2. The number of hydrogen-bond donors (Lipinski definition) is 1. The van der Waals surface area contributed by atoms with E-state index in [1.165, 1.54) is 0 Å². The Kier molecular flexibility index (Phi) is 7.29. The summed E-state index contributed by atoms with van der Waals surface area (Å²) < 4.78 is 33.7. The van der Waals surface area contributed by atoms with Crippen molar-refractivity contribution >= 4 is 33.2 Å². The SMILES string of the molecule is CCOc1ccc(S(=O)(=O)N2CCC(CNC)CC2)c2ccccc12.Cl. The summed E-state index contributed by atoms with van der Waals surface area (Å²) in [5, 5.41) is 4.75. The molecule has 1 heterocycles. The summed E-state index contributed by atoms with van der Waals surface area (Å²) in [6, 6.07) is 11.0. The molecule has 0 bridgehead atoms. The summed E-state index contributed by atoms with van der Waals surface area (Å²) in [5.74, 6) is 1.28. The summed E-state index contributed by atoms with van der Waals surface area (Å²) in [6.45, 7) is 4.58. The van der Waals surface area contributed by atoms with Crippen LogP contribution in [0.25, 0.3) is 10.8 Å². The van der Waals surface area contributed by atoms with Crippen LogP contribution >= 0.6 is 12.4 Å². The first-order valence-corrected chi connectivity index (χ1v) is 10.3. The van der Waals surface area contributed by atoms with E-state index in [0.29, 0.717) is 30.5 Å². The van der Waals surface area contributed by atoms with Crippen molar-refractivity contribution in [3.8, 4) is 5.75 Å². The van der Waals surface area contributed by atoms with Crippen LogP contribution in [0.5, 0.6) is 5.75 Å². The second-order valence-corrected chi connectivity index (χ2v) is 8.35. The van der Waals surface area contributed by atoms with Crippen LogP contribution in [0.1, 0.15) is 19.8 Å². The maximum absolute atomic E-state index is 13.2. The van der Waals surface area contributed by atoms with Crippen LogP contribution in [0.2, 0.25) is 0 Å². The molecule has 5 nitrogen and oxygen atoms in total. The van der Waals surface area contributed by atoms with E-state index < -0.39 is 10.0 Å². The van der Waals surface area contributed by atoms with Crippen molar-refractivity contribution in [1.82, 2.24) is 9.62 Å². The molecule has 0 amide bonds. The van der Waals surface area contributed by atoms with E-state index in [4.69, 9.17) is 4.74 Å². The van der Waals surface area contributed by atoms with Crippen molar-refractivity contribution in [2.24, 2.45) is 5.92 Å². The van der Waals surface area contributed by atoms with Gasteiger partial charge in [-0.2, -0.15) is 4.31 Å². The number of hydrogen-bond acceptors (Lipinski definition) is 4. The fourth-order valence-corrected chi connectivity index (χ4v) is 5.20. The van der Waals surface area contributed by atoms with Gasteiger partial charge in [-0.15, -0.1) is 12.4 Å². The molecular weight excluding hydrogens is 372 g/mol. The average Bonchev–Trinajstić information content (AvgIpc) is 2.63. The molecule has 1 aliphatic heterocycles. The number of sulfonamides is 1. The van der Waals surface area contributed by atoms with Crippen molar-refractivity contribution in [2.45, 2.75) is 24.7 Å². The molecule has 0 radical (unpaired) electrons. The van der Waals surface area contributed by atoms with Gasteiger partial charge in [0, 0.05) is 23.9 Å². The van der Waals surface area contributed by atoms with Crippen molar-refractivity contribution in [3.05, 3.63) is 36.4 Å².